The summed E-state index contributed by atoms with van der Waals surface area (Å²) in [6, 6.07) is 1.71. The zero-order valence-corrected chi connectivity index (χ0v) is 13.6. The first-order valence-electron chi connectivity index (χ1n) is 6.94. The van der Waals surface area contributed by atoms with Crippen LogP contribution in [-0.2, 0) is 21.3 Å². The highest BCUT2D eigenvalue weighted by molar-refractivity contribution is 7.89. The van der Waals surface area contributed by atoms with Crippen molar-refractivity contribution in [1.29, 1.82) is 0 Å². The van der Waals surface area contributed by atoms with Crippen LogP contribution in [0.1, 0.15) is 25.1 Å². The van der Waals surface area contributed by atoms with Gasteiger partial charge in [0.15, 0.2) is 0 Å². The average Bonchev–Trinajstić information content (AvgIpc) is 2.78. The van der Waals surface area contributed by atoms with Crippen molar-refractivity contribution in [2.45, 2.75) is 37.8 Å². The van der Waals surface area contributed by atoms with Crippen LogP contribution in [0.4, 0.5) is 0 Å². The Labute approximate surface area is 125 Å². The van der Waals surface area contributed by atoms with Crippen molar-refractivity contribution in [1.82, 2.24) is 9.62 Å². The lowest BCUT2D eigenvalue weighted by atomic mass is 10.4. The van der Waals surface area contributed by atoms with Crippen LogP contribution in [0, 0.1) is 0 Å². The van der Waals surface area contributed by atoms with E-state index in [1.54, 1.807) is 10.4 Å². The number of ether oxygens (including phenoxy) is 1. The van der Waals surface area contributed by atoms with Crippen molar-refractivity contribution in [3.05, 3.63) is 16.3 Å². The monoisotopic (exact) mass is 318 g/mol. The molecule has 0 radical (unpaired) electrons. The molecule has 0 bridgehead atoms. The lowest BCUT2D eigenvalue weighted by Gasteiger charge is -2.21. The van der Waals surface area contributed by atoms with Crippen LogP contribution in [0.25, 0.3) is 0 Å². The second-order valence-electron chi connectivity index (χ2n) is 4.89. The van der Waals surface area contributed by atoms with Crippen LogP contribution in [-0.4, -0.2) is 45.1 Å². The Morgan fingerprint density at radius 2 is 2.35 bits per heavy atom. The molecule has 2 rings (SSSR count). The summed E-state index contributed by atoms with van der Waals surface area (Å²) in [6.45, 7) is 6.94. The summed E-state index contributed by atoms with van der Waals surface area (Å²) in [4.78, 5) is 1.32. The van der Waals surface area contributed by atoms with Gasteiger partial charge in [0.1, 0.15) is 0 Å². The van der Waals surface area contributed by atoms with Gasteiger partial charge in [0.25, 0.3) is 0 Å². The zero-order chi connectivity index (χ0) is 14.6. The standard InChI is InChI=1S/C13H22N2O3S2/c1-3-14-9-12-13(5-8-19-12)20(16,17)15-6-4-7-18-11(2)10-15/h5,8,11,14H,3-4,6-7,9-10H2,1-2H3. The number of hydrogen-bond acceptors (Lipinski definition) is 5. The maximum Gasteiger partial charge on any atom is 0.244 e. The molecule has 1 N–H and O–H groups in total. The van der Waals surface area contributed by atoms with Crippen LogP contribution in [0.3, 0.4) is 0 Å². The van der Waals surface area contributed by atoms with E-state index in [9.17, 15) is 8.42 Å². The molecule has 1 aromatic heterocycles. The van der Waals surface area contributed by atoms with E-state index < -0.39 is 10.0 Å². The van der Waals surface area contributed by atoms with E-state index in [0.29, 0.717) is 31.1 Å². The second-order valence-corrected chi connectivity index (χ2v) is 7.79. The Kier molecular flexibility index (Phi) is 5.57. The van der Waals surface area contributed by atoms with Crippen LogP contribution in [0.5, 0.6) is 0 Å². The molecule has 0 aliphatic carbocycles. The Morgan fingerprint density at radius 1 is 1.55 bits per heavy atom. The van der Waals surface area contributed by atoms with Gasteiger partial charge in [-0.15, -0.1) is 11.3 Å². The summed E-state index contributed by atoms with van der Waals surface area (Å²) in [7, 11) is -3.41. The molecule has 1 aromatic rings. The third-order valence-electron chi connectivity index (χ3n) is 3.27. The molecule has 1 aliphatic heterocycles. The first kappa shape index (κ1) is 15.9. The SMILES string of the molecule is CCNCc1sccc1S(=O)(=O)N1CCCOC(C)C1. The number of sulfonamides is 1. The molecular formula is C13H22N2O3S2. The first-order chi connectivity index (χ1) is 9.55. The minimum Gasteiger partial charge on any atom is -0.377 e. The van der Waals surface area contributed by atoms with Crippen molar-refractivity contribution >= 4 is 21.4 Å². The van der Waals surface area contributed by atoms with Gasteiger partial charge >= 0.3 is 0 Å². The van der Waals surface area contributed by atoms with Gasteiger partial charge in [0.2, 0.25) is 10.0 Å². The molecule has 0 spiro atoms. The minimum absolute atomic E-state index is 0.0527. The molecule has 20 heavy (non-hydrogen) atoms. The molecule has 114 valence electrons. The molecule has 1 aliphatic rings. The fourth-order valence-electron chi connectivity index (χ4n) is 2.24. The van der Waals surface area contributed by atoms with E-state index >= 15 is 0 Å². The molecule has 1 unspecified atom stereocenters. The van der Waals surface area contributed by atoms with E-state index in [2.05, 4.69) is 5.32 Å². The molecular weight excluding hydrogens is 296 g/mol. The highest BCUT2D eigenvalue weighted by Crippen LogP contribution is 2.26. The first-order valence-corrected chi connectivity index (χ1v) is 9.26. The predicted molar refractivity (Wildman–Crippen MR) is 80.5 cm³/mol. The van der Waals surface area contributed by atoms with E-state index in [4.69, 9.17) is 4.74 Å². The van der Waals surface area contributed by atoms with E-state index in [1.807, 2.05) is 19.2 Å². The summed E-state index contributed by atoms with van der Waals surface area (Å²) in [6.07, 6.45) is 0.694. The third-order valence-corrected chi connectivity index (χ3v) is 6.27. The van der Waals surface area contributed by atoms with Gasteiger partial charge in [-0.3, -0.25) is 0 Å². The van der Waals surface area contributed by atoms with Crippen molar-refractivity contribution < 1.29 is 13.2 Å². The van der Waals surface area contributed by atoms with Gasteiger partial charge in [-0.25, -0.2) is 8.42 Å². The Bertz CT molecular complexity index is 527. The number of nitrogens with zero attached hydrogens (tertiary/aromatic N) is 1. The number of hydrogen-bond donors (Lipinski definition) is 1. The number of rotatable bonds is 5. The van der Waals surface area contributed by atoms with E-state index in [1.165, 1.54) is 11.3 Å². The van der Waals surface area contributed by atoms with Crippen molar-refractivity contribution in [3.8, 4) is 0 Å². The van der Waals surface area contributed by atoms with Gasteiger partial charge in [0, 0.05) is 31.1 Å². The topological polar surface area (TPSA) is 58.6 Å². The minimum atomic E-state index is -3.41. The van der Waals surface area contributed by atoms with Crippen molar-refractivity contribution in [2.75, 3.05) is 26.2 Å². The molecule has 7 heteroatoms. The molecule has 1 fully saturated rings. The maximum atomic E-state index is 12.8. The largest absolute Gasteiger partial charge is 0.377 e. The number of nitrogens with one attached hydrogen (secondary N) is 1. The van der Waals surface area contributed by atoms with Gasteiger partial charge in [0.05, 0.1) is 11.0 Å². The molecule has 0 amide bonds. The van der Waals surface area contributed by atoms with Crippen LogP contribution in [0.15, 0.2) is 16.3 Å². The third kappa shape index (κ3) is 3.59. The Balaban J connectivity index is 2.22. The van der Waals surface area contributed by atoms with Gasteiger partial charge in [-0.1, -0.05) is 6.92 Å². The van der Waals surface area contributed by atoms with Gasteiger partial charge in [-0.2, -0.15) is 4.31 Å². The fraction of sp³-hybridized carbons (Fsp3) is 0.692. The predicted octanol–water partition coefficient (Wildman–Crippen LogP) is 1.66. The van der Waals surface area contributed by atoms with E-state index in [0.717, 1.165) is 17.8 Å². The van der Waals surface area contributed by atoms with Crippen molar-refractivity contribution in [2.24, 2.45) is 0 Å². The normalized spacial score (nSPS) is 21.8. The second kappa shape index (κ2) is 7.00. The van der Waals surface area contributed by atoms with Crippen molar-refractivity contribution in [3.63, 3.8) is 0 Å². The Morgan fingerprint density at radius 3 is 3.10 bits per heavy atom. The average molecular weight is 318 g/mol. The lowest BCUT2D eigenvalue weighted by Crippen LogP contribution is -2.36. The molecule has 1 saturated heterocycles. The fourth-order valence-corrected chi connectivity index (χ4v) is 5.18. The smallest absolute Gasteiger partial charge is 0.244 e. The summed E-state index contributed by atoms with van der Waals surface area (Å²) in [5.74, 6) is 0. The maximum absolute atomic E-state index is 12.8. The van der Waals surface area contributed by atoms with Crippen LogP contribution < -0.4 is 5.32 Å². The van der Waals surface area contributed by atoms with Gasteiger partial charge < -0.3 is 10.1 Å². The summed E-state index contributed by atoms with van der Waals surface area (Å²) < 4.78 is 32.6. The summed E-state index contributed by atoms with van der Waals surface area (Å²) in [5.41, 5.74) is 0. The van der Waals surface area contributed by atoms with Crippen LogP contribution in [0.2, 0.25) is 0 Å². The highest BCUT2D eigenvalue weighted by atomic mass is 32.2. The lowest BCUT2D eigenvalue weighted by molar-refractivity contribution is 0.0752. The summed E-state index contributed by atoms with van der Waals surface area (Å²) in [5, 5.41) is 5.03. The molecule has 5 nitrogen and oxygen atoms in total. The molecule has 0 saturated carbocycles. The molecule has 1 atom stereocenters. The summed E-state index contributed by atoms with van der Waals surface area (Å²) >= 11 is 1.49. The highest BCUT2D eigenvalue weighted by Gasteiger charge is 2.30. The molecule has 0 aromatic carbocycles. The number of thiophene rings is 1. The Hall–Kier alpha value is -0.470. The van der Waals surface area contributed by atoms with Gasteiger partial charge in [-0.05, 0) is 31.3 Å². The van der Waals surface area contributed by atoms with Crippen LogP contribution >= 0.6 is 11.3 Å². The zero-order valence-electron chi connectivity index (χ0n) is 12.0. The van der Waals surface area contributed by atoms with E-state index in [-0.39, 0.29) is 6.10 Å². The quantitative estimate of drug-likeness (QED) is 0.897. The molecule has 2 heterocycles.